The fourth-order valence-corrected chi connectivity index (χ4v) is 2.27. The Labute approximate surface area is 147 Å². The molecular weight excluding hydrogens is 442 g/mol. The molecular formula is C14H9F3IN3O3. The molecule has 0 bridgehead atoms. The number of phenolic OH excluding ortho intramolecular Hbond substituents is 1. The number of rotatable bonds is 4. The number of hydrazone groups is 1. The number of aromatic hydroxyl groups is 1. The SMILES string of the molecule is O=[N+]([O-])c1cc(C(F)(F)F)ccc1N/N=C\c1ccc(O)c(I)c1. The third kappa shape index (κ3) is 4.34. The van der Waals surface area contributed by atoms with Crippen LogP contribution < -0.4 is 5.43 Å². The highest BCUT2D eigenvalue weighted by Crippen LogP contribution is 2.34. The minimum Gasteiger partial charge on any atom is -0.507 e. The van der Waals surface area contributed by atoms with E-state index >= 15 is 0 Å². The van der Waals surface area contributed by atoms with Crippen LogP contribution in [0.5, 0.6) is 5.75 Å². The number of phenols is 1. The first-order valence-electron chi connectivity index (χ1n) is 6.31. The van der Waals surface area contributed by atoms with Crippen molar-refractivity contribution in [3.8, 4) is 5.75 Å². The zero-order chi connectivity index (χ0) is 17.9. The summed E-state index contributed by atoms with van der Waals surface area (Å²) in [5.74, 6) is 0.0964. The highest BCUT2D eigenvalue weighted by Gasteiger charge is 2.33. The second kappa shape index (κ2) is 7.03. The van der Waals surface area contributed by atoms with E-state index in [0.717, 1.165) is 12.1 Å². The average molecular weight is 451 g/mol. The van der Waals surface area contributed by atoms with Gasteiger partial charge in [-0.25, -0.2) is 0 Å². The number of nitrogens with one attached hydrogen (secondary N) is 1. The summed E-state index contributed by atoms with van der Waals surface area (Å²) in [4.78, 5) is 10.0. The molecule has 0 aromatic heterocycles. The first kappa shape index (κ1) is 18.0. The second-order valence-corrected chi connectivity index (χ2v) is 5.73. The molecule has 2 N–H and O–H groups in total. The molecule has 0 radical (unpaired) electrons. The highest BCUT2D eigenvalue weighted by molar-refractivity contribution is 14.1. The predicted octanol–water partition coefficient (Wildman–Crippen LogP) is 4.37. The Hall–Kier alpha value is -2.37. The van der Waals surface area contributed by atoms with Crippen molar-refractivity contribution in [1.29, 1.82) is 0 Å². The normalized spacial score (nSPS) is 11.7. The highest BCUT2D eigenvalue weighted by atomic mass is 127. The molecule has 126 valence electrons. The lowest BCUT2D eigenvalue weighted by Crippen LogP contribution is -2.06. The predicted molar refractivity (Wildman–Crippen MR) is 90.1 cm³/mol. The summed E-state index contributed by atoms with van der Waals surface area (Å²) in [7, 11) is 0. The molecule has 24 heavy (non-hydrogen) atoms. The van der Waals surface area contributed by atoms with Gasteiger partial charge in [0.2, 0.25) is 0 Å². The van der Waals surface area contributed by atoms with E-state index in [2.05, 4.69) is 10.5 Å². The van der Waals surface area contributed by atoms with Crippen LogP contribution in [0.15, 0.2) is 41.5 Å². The van der Waals surface area contributed by atoms with Gasteiger partial charge in [-0.15, -0.1) is 0 Å². The number of nitro benzene ring substituents is 1. The fourth-order valence-electron chi connectivity index (χ4n) is 1.73. The van der Waals surface area contributed by atoms with Crippen LogP contribution in [0.25, 0.3) is 0 Å². The molecule has 2 rings (SSSR count). The van der Waals surface area contributed by atoms with Gasteiger partial charge < -0.3 is 5.11 Å². The Morgan fingerprint density at radius 3 is 2.54 bits per heavy atom. The average Bonchev–Trinajstić information content (AvgIpc) is 2.50. The Morgan fingerprint density at radius 2 is 1.96 bits per heavy atom. The number of nitrogens with zero attached hydrogens (tertiary/aromatic N) is 2. The van der Waals surface area contributed by atoms with E-state index in [1.807, 2.05) is 22.6 Å². The molecule has 2 aromatic rings. The molecule has 2 aromatic carbocycles. The number of halogens is 4. The van der Waals surface area contributed by atoms with Crippen molar-refractivity contribution in [2.75, 3.05) is 5.43 Å². The Balaban J connectivity index is 2.24. The third-order valence-corrected chi connectivity index (χ3v) is 3.76. The molecule has 0 saturated heterocycles. The zero-order valence-electron chi connectivity index (χ0n) is 11.7. The van der Waals surface area contributed by atoms with Crippen LogP contribution in [-0.4, -0.2) is 16.2 Å². The summed E-state index contributed by atoms with van der Waals surface area (Å²) in [5.41, 5.74) is 0.931. The van der Waals surface area contributed by atoms with Gasteiger partial charge in [-0.2, -0.15) is 18.3 Å². The maximum atomic E-state index is 12.6. The van der Waals surface area contributed by atoms with Crippen molar-refractivity contribution >= 4 is 40.2 Å². The molecule has 0 aliphatic heterocycles. The topological polar surface area (TPSA) is 87.8 Å². The van der Waals surface area contributed by atoms with Crippen LogP contribution >= 0.6 is 22.6 Å². The Kier molecular flexibility index (Phi) is 5.26. The number of benzene rings is 2. The number of nitro groups is 1. The van der Waals surface area contributed by atoms with Gasteiger partial charge in [0, 0.05) is 6.07 Å². The molecule has 10 heteroatoms. The van der Waals surface area contributed by atoms with Gasteiger partial charge in [-0.05, 0) is 58.5 Å². The van der Waals surface area contributed by atoms with E-state index in [-0.39, 0.29) is 11.4 Å². The van der Waals surface area contributed by atoms with Crippen molar-refractivity contribution in [3.63, 3.8) is 0 Å². The maximum absolute atomic E-state index is 12.6. The molecule has 0 unspecified atom stereocenters. The molecule has 0 fully saturated rings. The minimum atomic E-state index is -4.67. The van der Waals surface area contributed by atoms with Gasteiger partial charge in [-0.1, -0.05) is 0 Å². The lowest BCUT2D eigenvalue weighted by atomic mass is 10.1. The van der Waals surface area contributed by atoms with E-state index < -0.39 is 22.4 Å². The minimum absolute atomic E-state index is 0.0964. The monoisotopic (exact) mass is 451 g/mol. The molecule has 0 aliphatic rings. The second-order valence-electron chi connectivity index (χ2n) is 4.57. The van der Waals surface area contributed by atoms with Crippen molar-refractivity contribution in [2.24, 2.45) is 5.10 Å². The summed E-state index contributed by atoms with van der Waals surface area (Å²) < 4.78 is 38.4. The summed E-state index contributed by atoms with van der Waals surface area (Å²) in [5, 5.41) is 24.1. The quantitative estimate of drug-likeness (QED) is 0.313. The van der Waals surface area contributed by atoms with Gasteiger partial charge in [0.15, 0.2) is 0 Å². The number of hydrogen-bond acceptors (Lipinski definition) is 5. The van der Waals surface area contributed by atoms with Crippen molar-refractivity contribution < 1.29 is 23.2 Å². The van der Waals surface area contributed by atoms with E-state index in [4.69, 9.17) is 0 Å². The molecule has 0 saturated carbocycles. The van der Waals surface area contributed by atoms with Gasteiger partial charge in [0.25, 0.3) is 5.69 Å². The summed E-state index contributed by atoms with van der Waals surface area (Å²) in [6, 6.07) is 6.74. The van der Waals surface area contributed by atoms with E-state index in [9.17, 15) is 28.4 Å². The summed E-state index contributed by atoms with van der Waals surface area (Å²) >= 11 is 1.91. The van der Waals surface area contributed by atoms with Crippen LogP contribution in [0.2, 0.25) is 0 Å². The largest absolute Gasteiger partial charge is 0.507 e. The number of alkyl halides is 3. The van der Waals surface area contributed by atoms with Crippen molar-refractivity contribution in [1.82, 2.24) is 0 Å². The maximum Gasteiger partial charge on any atom is 0.416 e. The lowest BCUT2D eigenvalue weighted by molar-refractivity contribution is -0.384. The van der Waals surface area contributed by atoms with E-state index in [1.54, 1.807) is 12.1 Å². The summed E-state index contributed by atoms with van der Waals surface area (Å²) in [6.07, 6.45) is -3.35. The van der Waals surface area contributed by atoms with Gasteiger partial charge >= 0.3 is 6.18 Å². The standard InChI is InChI=1S/C14H9F3IN3O3/c15-14(16,17)9-2-3-11(12(6-9)21(23)24)20-19-7-8-1-4-13(22)10(18)5-8/h1-7,20,22H/b19-7-. The van der Waals surface area contributed by atoms with Crippen LogP contribution in [0.1, 0.15) is 11.1 Å². The molecule has 0 aliphatic carbocycles. The first-order chi connectivity index (χ1) is 11.2. The molecule has 0 amide bonds. The Bertz CT molecular complexity index is 810. The van der Waals surface area contributed by atoms with Crippen LogP contribution in [-0.2, 0) is 6.18 Å². The van der Waals surface area contributed by atoms with Crippen LogP contribution in [0.4, 0.5) is 24.5 Å². The summed E-state index contributed by atoms with van der Waals surface area (Å²) in [6.45, 7) is 0. The van der Waals surface area contributed by atoms with Crippen LogP contribution in [0, 0.1) is 13.7 Å². The first-order valence-corrected chi connectivity index (χ1v) is 7.39. The molecule has 0 heterocycles. The smallest absolute Gasteiger partial charge is 0.416 e. The van der Waals surface area contributed by atoms with E-state index in [1.165, 1.54) is 12.3 Å². The van der Waals surface area contributed by atoms with E-state index in [0.29, 0.717) is 15.2 Å². The number of hydrogen-bond donors (Lipinski definition) is 2. The molecule has 6 nitrogen and oxygen atoms in total. The molecule has 0 spiro atoms. The van der Waals surface area contributed by atoms with Crippen LogP contribution in [0.3, 0.4) is 0 Å². The molecule has 0 atom stereocenters. The van der Waals surface area contributed by atoms with Gasteiger partial charge in [0.05, 0.1) is 20.3 Å². The van der Waals surface area contributed by atoms with Gasteiger partial charge in [0.1, 0.15) is 11.4 Å². The zero-order valence-corrected chi connectivity index (χ0v) is 13.9. The van der Waals surface area contributed by atoms with Gasteiger partial charge in [-0.3, -0.25) is 15.5 Å². The third-order valence-electron chi connectivity index (χ3n) is 2.89. The Morgan fingerprint density at radius 1 is 1.25 bits per heavy atom. The fraction of sp³-hybridized carbons (Fsp3) is 0.0714. The van der Waals surface area contributed by atoms with Crippen molar-refractivity contribution in [2.45, 2.75) is 6.18 Å². The lowest BCUT2D eigenvalue weighted by Gasteiger charge is -2.08. The number of anilines is 1. The van der Waals surface area contributed by atoms with Crippen molar-refractivity contribution in [3.05, 3.63) is 61.2 Å².